The van der Waals surface area contributed by atoms with Crippen molar-refractivity contribution in [2.24, 2.45) is 5.73 Å². The standard InChI is InChI=1S/C29H58NO7P/c1-3-5-7-9-11-12-13-14-15-17-19-21-24-34-26-28(27-36-38(32,33)35-25-23-30)37-29(31)22-20-18-16-10-8-6-4-2/h9,11,28H,3-8,10,12-27,30H2,1-2H3,(H,32,33)/b11-9-. The van der Waals surface area contributed by atoms with Crippen molar-refractivity contribution in [3.63, 3.8) is 0 Å². The molecule has 0 spiro atoms. The molecule has 226 valence electrons. The van der Waals surface area contributed by atoms with Gasteiger partial charge < -0.3 is 20.1 Å². The van der Waals surface area contributed by atoms with Crippen molar-refractivity contribution in [3.05, 3.63) is 12.2 Å². The van der Waals surface area contributed by atoms with Crippen molar-refractivity contribution < 1.29 is 32.8 Å². The summed E-state index contributed by atoms with van der Waals surface area (Å²) in [5.74, 6) is -0.341. The van der Waals surface area contributed by atoms with Crippen molar-refractivity contribution in [1.82, 2.24) is 0 Å². The lowest BCUT2D eigenvalue weighted by atomic mass is 10.1. The summed E-state index contributed by atoms with van der Waals surface area (Å²) in [5.41, 5.74) is 5.31. The minimum absolute atomic E-state index is 0.0946. The molecule has 8 nitrogen and oxygen atoms in total. The minimum atomic E-state index is -4.25. The first kappa shape index (κ1) is 37.2. The average Bonchev–Trinajstić information content (AvgIpc) is 2.90. The van der Waals surface area contributed by atoms with Crippen molar-refractivity contribution >= 4 is 13.8 Å². The van der Waals surface area contributed by atoms with E-state index in [1.54, 1.807) is 0 Å². The fourth-order valence-electron chi connectivity index (χ4n) is 3.92. The number of ether oxygens (including phenoxy) is 2. The number of phosphoric ester groups is 1. The summed E-state index contributed by atoms with van der Waals surface area (Å²) in [6, 6.07) is 0. The first-order valence-electron chi connectivity index (χ1n) is 15.2. The van der Waals surface area contributed by atoms with Gasteiger partial charge in [0.15, 0.2) is 0 Å². The smallest absolute Gasteiger partial charge is 0.457 e. The predicted molar refractivity (Wildman–Crippen MR) is 155 cm³/mol. The van der Waals surface area contributed by atoms with Crippen molar-refractivity contribution in [2.75, 3.05) is 33.0 Å². The Morgan fingerprint density at radius 2 is 1.34 bits per heavy atom. The van der Waals surface area contributed by atoms with Crippen molar-refractivity contribution in [2.45, 2.75) is 136 Å². The highest BCUT2D eigenvalue weighted by Crippen LogP contribution is 2.43. The molecule has 0 aliphatic rings. The van der Waals surface area contributed by atoms with E-state index >= 15 is 0 Å². The Labute approximate surface area is 233 Å². The number of esters is 1. The highest BCUT2D eigenvalue weighted by molar-refractivity contribution is 7.47. The Kier molecular flexibility index (Phi) is 27.2. The Bertz CT molecular complexity index is 603. The van der Waals surface area contributed by atoms with Gasteiger partial charge in [0.2, 0.25) is 0 Å². The number of carbonyl (C=O) groups is 1. The van der Waals surface area contributed by atoms with E-state index in [2.05, 4.69) is 26.0 Å². The number of unbranched alkanes of at least 4 members (excludes halogenated alkanes) is 14. The van der Waals surface area contributed by atoms with Crippen molar-refractivity contribution in [3.8, 4) is 0 Å². The van der Waals surface area contributed by atoms with E-state index in [9.17, 15) is 14.3 Å². The van der Waals surface area contributed by atoms with Gasteiger partial charge in [-0.25, -0.2) is 4.57 Å². The van der Waals surface area contributed by atoms with Crippen LogP contribution in [0.5, 0.6) is 0 Å². The molecule has 0 rings (SSSR count). The molecule has 0 saturated carbocycles. The fourth-order valence-corrected chi connectivity index (χ4v) is 4.68. The predicted octanol–water partition coefficient (Wildman–Crippen LogP) is 7.62. The number of carbonyl (C=O) groups excluding carboxylic acids is 1. The fraction of sp³-hybridized carbons (Fsp3) is 0.897. The maximum absolute atomic E-state index is 12.3. The Morgan fingerprint density at radius 1 is 0.763 bits per heavy atom. The summed E-state index contributed by atoms with van der Waals surface area (Å²) in [6.07, 6.45) is 23.8. The monoisotopic (exact) mass is 563 g/mol. The molecule has 0 aromatic heterocycles. The quantitative estimate of drug-likeness (QED) is 0.0413. The summed E-state index contributed by atoms with van der Waals surface area (Å²) in [5, 5.41) is 0. The molecule has 0 fully saturated rings. The molecule has 2 unspecified atom stereocenters. The molecule has 0 saturated heterocycles. The van der Waals surface area contributed by atoms with E-state index < -0.39 is 13.9 Å². The third-order valence-electron chi connectivity index (χ3n) is 6.18. The van der Waals surface area contributed by atoms with E-state index in [0.29, 0.717) is 13.0 Å². The molecule has 0 aromatic carbocycles. The number of phosphoric acid groups is 1. The van der Waals surface area contributed by atoms with Crippen LogP contribution in [-0.4, -0.2) is 49.9 Å². The second kappa shape index (κ2) is 27.8. The van der Waals surface area contributed by atoms with Gasteiger partial charge in [0.1, 0.15) is 6.10 Å². The second-order valence-electron chi connectivity index (χ2n) is 9.97. The lowest BCUT2D eigenvalue weighted by Gasteiger charge is -2.20. The van der Waals surface area contributed by atoms with Gasteiger partial charge in [0, 0.05) is 19.6 Å². The van der Waals surface area contributed by atoms with E-state index in [0.717, 1.165) is 32.1 Å². The van der Waals surface area contributed by atoms with Crippen LogP contribution in [0.2, 0.25) is 0 Å². The lowest BCUT2D eigenvalue weighted by Crippen LogP contribution is -2.28. The van der Waals surface area contributed by atoms with Crippen LogP contribution in [0.1, 0.15) is 129 Å². The van der Waals surface area contributed by atoms with Gasteiger partial charge in [-0.2, -0.15) is 0 Å². The summed E-state index contributed by atoms with van der Waals surface area (Å²) in [7, 11) is -4.25. The van der Waals surface area contributed by atoms with Crippen LogP contribution in [0.25, 0.3) is 0 Å². The van der Waals surface area contributed by atoms with E-state index in [-0.39, 0.29) is 32.3 Å². The second-order valence-corrected chi connectivity index (χ2v) is 11.4. The number of rotatable bonds is 29. The molecule has 0 amide bonds. The average molecular weight is 564 g/mol. The molecule has 0 bridgehead atoms. The zero-order valence-electron chi connectivity index (χ0n) is 24.4. The normalized spacial score (nSPS) is 14.1. The molecule has 0 aliphatic heterocycles. The van der Waals surface area contributed by atoms with Crippen LogP contribution in [0.15, 0.2) is 12.2 Å². The van der Waals surface area contributed by atoms with Gasteiger partial charge in [-0.3, -0.25) is 13.8 Å². The maximum Gasteiger partial charge on any atom is 0.472 e. The number of allylic oxidation sites excluding steroid dienone is 2. The Morgan fingerprint density at radius 3 is 2.00 bits per heavy atom. The van der Waals surface area contributed by atoms with Gasteiger partial charge >= 0.3 is 13.8 Å². The molecule has 2 atom stereocenters. The van der Waals surface area contributed by atoms with Crippen LogP contribution in [0.4, 0.5) is 0 Å². The molecular formula is C29H58NO7P. The van der Waals surface area contributed by atoms with Crippen molar-refractivity contribution in [1.29, 1.82) is 0 Å². The molecule has 9 heteroatoms. The Balaban J connectivity index is 4.15. The number of hydrogen-bond acceptors (Lipinski definition) is 7. The molecule has 3 N–H and O–H groups in total. The zero-order valence-corrected chi connectivity index (χ0v) is 25.3. The van der Waals surface area contributed by atoms with Gasteiger partial charge in [-0.05, 0) is 32.1 Å². The minimum Gasteiger partial charge on any atom is -0.457 e. The maximum atomic E-state index is 12.3. The molecular weight excluding hydrogens is 505 g/mol. The number of nitrogens with two attached hydrogens (primary N) is 1. The summed E-state index contributed by atoms with van der Waals surface area (Å²) in [4.78, 5) is 22.1. The summed E-state index contributed by atoms with van der Waals surface area (Å²) in [6.45, 7) is 4.81. The van der Waals surface area contributed by atoms with E-state index in [1.165, 1.54) is 77.0 Å². The topological polar surface area (TPSA) is 117 Å². The van der Waals surface area contributed by atoms with Crippen LogP contribution < -0.4 is 5.73 Å². The molecule has 0 heterocycles. The summed E-state index contributed by atoms with van der Waals surface area (Å²) < 4.78 is 32.9. The van der Waals surface area contributed by atoms with Crippen LogP contribution in [-0.2, 0) is 27.9 Å². The summed E-state index contributed by atoms with van der Waals surface area (Å²) >= 11 is 0. The molecule has 0 radical (unpaired) electrons. The molecule has 38 heavy (non-hydrogen) atoms. The third kappa shape index (κ3) is 26.8. The lowest BCUT2D eigenvalue weighted by molar-refractivity contribution is -0.154. The molecule has 0 aliphatic carbocycles. The van der Waals surface area contributed by atoms with Crippen LogP contribution in [0, 0.1) is 0 Å². The van der Waals surface area contributed by atoms with Gasteiger partial charge in [0.05, 0.1) is 19.8 Å². The molecule has 0 aromatic rings. The highest BCUT2D eigenvalue weighted by atomic mass is 31.2. The zero-order chi connectivity index (χ0) is 28.2. The van der Waals surface area contributed by atoms with Gasteiger partial charge in [0.25, 0.3) is 0 Å². The van der Waals surface area contributed by atoms with Gasteiger partial charge in [-0.1, -0.05) is 103 Å². The first-order chi connectivity index (χ1) is 18.4. The van der Waals surface area contributed by atoms with Gasteiger partial charge in [-0.15, -0.1) is 0 Å². The largest absolute Gasteiger partial charge is 0.472 e. The SMILES string of the molecule is CCCC/C=C\CCCCCCCCOCC(COP(=O)(O)OCCN)OC(=O)CCCCCCCCC. The van der Waals surface area contributed by atoms with Crippen LogP contribution in [0.3, 0.4) is 0 Å². The first-order valence-corrected chi connectivity index (χ1v) is 16.7. The third-order valence-corrected chi connectivity index (χ3v) is 7.17. The highest BCUT2D eigenvalue weighted by Gasteiger charge is 2.25. The van der Waals surface area contributed by atoms with Crippen LogP contribution >= 0.6 is 7.82 Å². The van der Waals surface area contributed by atoms with E-state index in [4.69, 9.17) is 24.3 Å². The Hall–Kier alpha value is -0.760. The number of hydrogen-bond donors (Lipinski definition) is 2. The van der Waals surface area contributed by atoms with E-state index in [1.807, 2.05) is 0 Å².